The average Bonchev–Trinajstić information content (AvgIpc) is 3.91. The molecule has 0 spiro atoms. The van der Waals surface area contributed by atoms with E-state index in [1.807, 2.05) is 30.3 Å². The third kappa shape index (κ3) is 11.6. The van der Waals surface area contributed by atoms with Crippen LogP contribution in [-0.4, -0.2) is 59.2 Å². The summed E-state index contributed by atoms with van der Waals surface area (Å²) < 4.78 is 47.5. The number of thiophene rings is 1. The van der Waals surface area contributed by atoms with Gasteiger partial charge in [0, 0.05) is 59.1 Å². The first-order chi connectivity index (χ1) is 27.0. The van der Waals surface area contributed by atoms with Crippen molar-refractivity contribution < 1.29 is 61.6 Å². The number of hydrogen-bond donors (Lipinski definition) is 1. The summed E-state index contributed by atoms with van der Waals surface area (Å²) in [6.45, 7) is 0.536. The summed E-state index contributed by atoms with van der Waals surface area (Å²) in [4.78, 5) is 55.7. The SMILES string of the molecule is FC(F)(F)c1cc(-c2ccc(-c3ccc(-c4ccccn4)s3)cn2)[n-]n1.O=COc1ccnc(-c2cc(OC=O)cc(-c3cc(C(=O)O)ccn3)n2)c1.[N-]=C=S.[Ru+2]. The number of nitrogens with zero attached hydrogens (tertiary/aromatic N) is 8. The van der Waals surface area contributed by atoms with E-state index < -0.39 is 17.8 Å². The maximum absolute atomic E-state index is 12.6. The van der Waals surface area contributed by atoms with Gasteiger partial charge in [-0.3, -0.25) is 29.5 Å². The summed E-state index contributed by atoms with van der Waals surface area (Å²) in [6, 6.07) is 22.6. The molecular weight excluding hydrogens is 875 g/mol. The molecule has 14 nitrogen and oxygen atoms in total. The van der Waals surface area contributed by atoms with Gasteiger partial charge in [-0.1, -0.05) is 24.0 Å². The summed E-state index contributed by atoms with van der Waals surface area (Å²) in [6.07, 6.45) is 1.60. The van der Waals surface area contributed by atoms with Crippen LogP contribution in [0.2, 0.25) is 0 Å². The topological polar surface area (TPSA) is 204 Å². The largest absolute Gasteiger partial charge is 2.00 e. The molecule has 286 valence electrons. The van der Waals surface area contributed by atoms with Crippen molar-refractivity contribution in [2.45, 2.75) is 6.18 Å². The van der Waals surface area contributed by atoms with Crippen molar-refractivity contribution in [1.82, 2.24) is 35.1 Å². The van der Waals surface area contributed by atoms with Crippen molar-refractivity contribution in [2.24, 2.45) is 0 Å². The Balaban J connectivity index is 0.000000233. The molecule has 7 heterocycles. The second kappa shape index (κ2) is 20.3. The molecule has 7 aromatic heterocycles. The molecule has 0 aromatic carbocycles. The van der Waals surface area contributed by atoms with Crippen molar-refractivity contribution in [1.29, 1.82) is 0 Å². The summed E-state index contributed by atoms with van der Waals surface area (Å²) in [5.74, 6) is -0.693. The van der Waals surface area contributed by atoms with Crippen molar-refractivity contribution in [2.75, 3.05) is 0 Å². The molecule has 1 N–H and O–H groups in total. The second-order valence-electron chi connectivity index (χ2n) is 10.6. The van der Waals surface area contributed by atoms with Crippen LogP contribution in [0.1, 0.15) is 16.1 Å². The number of aromatic nitrogens is 7. The molecule has 0 radical (unpaired) electrons. The van der Waals surface area contributed by atoms with Crippen LogP contribution in [0.25, 0.3) is 60.6 Å². The molecule has 0 saturated heterocycles. The summed E-state index contributed by atoms with van der Waals surface area (Å²) in [5.41, 5.74) is 2.42. The summed E-state index contributed by atoms with van der Waals surface area (Å²) in [7, 11) is 0. The number of rotatable bonds is 10. The number of alkyl halides is 3. The van der Waals surface area contributed by atoms with Crippen LogP contribution in [0.15, 0.2) is 110 Å². The number of carbonyl (C=O) groups excluding carboxylic acids is 2. The number of carboxylic acids is 1. The average molecular weight is 896 g/mol. The standard InChI is InChI=1S/C18H10F3N4S.C18H11N3O6.CNS.Ru/c19-18(20,21)17-9-14(24-25-17)12-5-4-11(10-23-12)15-6-7-16(26-15)13-3-1-2-8-22-13;22-9-26-12-2-4-20-15(6-12)17-8-13(27-10-23)7-16(21-17)14-5-11(18(24)25)1-3-19-14;2-1-3;/h1-10H;1-10H,(H,24,25);;/q-1;;-1;+2. The van der Waals surface area contributed by atoms with Gasteiger partial charge in [-0.25, -0.2) is 9.78 Å². The van der Waals surface area contributed by atoms with E-state index >= 15 is 0 Å². The van der Waals surface area contributed by atoms with E-state index in [0.717, 1.165) is 27.1 Å². The molecule has 7 rings (SSSR count). The predicted octanol–water partition coefficient (Wildman–Crippen LogP) is 7.54. The number of carboxylic acid groups (broad SMARTS) is 1. The molecule has 0 aliphatic rings. The van der Waals surface area contributed by atoms with Crippen LogP contribution in [0.4, 0.5) is 13.2 Å². The Hall–Kier alpha value is -6.72. The van der Waals surface area contributed by atoms with E-state index in [-0.39, 0.29) is 66.6 Å². The van der Waals surface area contributed by atoms with Crippen LogP contribution in [-0.2, 0) is 35.2 Å². The zero-order valence-corrected chi connectivity index (χ0v) is 31.8. The first-order valence-corrected chi connectivity index (χ1v) is 16.7. The van der Waals surface area contributed by atoms with Crippen LogP contribution < -0.4 is 14.6 Å². The maximum Gasteiger partial charge on any atom is 2.00 e. The van der Waals surface area contributed by atoms with Crippen LogP contribution in [0, 0.1) is 0 Å². The molecule has 0 unspecified atom stereocenters. The van der Waals surface area contributed by atoms with Crippen molar-refractivity contribution in [3.05, 3.63) is 126 Å². The minimum atomic E-state index is -4.51. The molecule has 0 aliphatic carbocycles. The zero-order chi connectivity index (χ0) is 40.1. The van der Waals surface area contributed by atoms with Crippen molar-refractivity contribution in [3.63, 3.8) is 0 Å². The van der Waals surface area contributed by atoms with Gasteiger partial charge in [-0.2, -0.15) is 18.3 Å². The maximum atomic E-state index is 12.6. The van der Waals surface area contributed by atoms with Gasteiger partial charge in [0.25, 0.3) is 12.9 Å². The number of aromatic carboxylic acids is 1. The first kappa shape index (κ1) is 43.0. The van der Waals surface area contributed by atoms with Gasteiger partial charge in [0.15, 0.2) is 0 Å². The zero-order valence-electron chi connectivity index (χ0n) is 28.4. The van der Waals surface area contributed by atoms with Gasteiger partial charge in [0.05, 0.1) is 38.9 Å². The van der Waals surface area contributed by atoms with E-state index in [2.05, 4.69) is 47.3 Å². The molecule has 57 heavy (non-hydrogen) atoms. The fraction of sp³-hybridized carbons (Fsp3) is 0.0270. The Morgan fingerprint density at radius 3 is 2.00 bits per heavy atom. The van der Waals surface area contributed by atoms with E-state index in [9.17, 15) is 27.6 Å². The summed E-state index contributed by atoms with van der Waals surface area (Å²) >= 11 is 5.27. The van der Waals surface area contributed by atoms with E-state index in [1.165, 1.54) is 54.0 Å². The van der Waals surface area contributed by atoms with Crippen LogP contribution >= 0.6 is 23.6 Å². The van der Waals surface area contributed by atoms with Gasteiger partial charge in [-0.05, 0) is 60.7 Å². The number of thiocarbonyl (C=S) groups is 1. The Bertz CT molecular complexity index is 2500. The Morgan fingerprint density at radius 2 is 1.40 bits per heavy atom. The molecule has 0 saturated carbocycles. The smallest absolute Gasteiger partial charge is 0.753 e. The molecule has 0 atom stereocenters. The summed E-state index contributed by atoms with van der Waals surface area (Å²) in [5, 5.41) is 24.3. The molecule has 0 bridgehead atoms. The number of halogens is 3. The van der Waals surface area contributed by atoms with Crippen molar-refractivity contribution >= 4 is 47.6 Å². The molecule has 20 heteroatoms. The Labute approximate surface area is 342 Å². The van der Waals surface area contributed by atoms with Gasteiger partial charge in [0.2, 0.25) is 0 Å². The quantitative estimate of drug-likeness (QED) is 0.0610. The monoisotopic (exact) mass is 896 g/mol. The number of carbonyl (C=O) groups is 3. The molecule has 0 aliphatic heterocycles. The van der Waals surface area contributed by atoms with E-state index in [1.54, 1.807) is 35.9 Å². The van der Waals surface area contributed by atoms with Gasteiger partial charge < -0.3 is 30.2 Å². The third-order valence-corrected chi connectivity index (χ3v) is 8.25. The number of hydrogen-bond acceptors (Lipinski definition) is 13. The van der Waals surface area contributed by atoms with Gasteiger partial charge in [-0.15, -0.1) is 11.3 Å². The van der Waals surface area contributed by atoms with Gasteiger partial charge >= 0.3 is 31.6 Å². The molecule has 0 fully saturated rings. The number of pyridine rings is 5. The van der Waals surface area contributed by atoms with Crippen molar-refractivity contribution in [3.8, 4) is 66.7 Å². The molecular formula is C37H21F3N8O6RuS2. The third-order valence-electron chi connectivity index (χ3n) is 7.09. The molecule has 7 aromatic rings. The fourth-order valence-electron chi connectivity index (χ4n) is 4.66. The number of isothiocyanates is 1. The van der Waals surface area contributed by atoms with E-state index in [0.29, 0.717) is 17.1 Å². The Kier molecular flexibility index (Phi) is 15.3. The van der Waals surface area contributed by atoms with Gasteiger partial charge in [0.1, 0.15) is 17.2 Å². The first-order valence-electron chi connectivity index (χ1n) is 15.5. The normalized spacial score (nSPS) is 10.2. The van der Waals surface area contributed by atoms with E-state index in [4.69, 9.17) is 20.0 Å². The van der Waals surface area contributed by atoms with Crippen LogP contribution in [0.5, 0.6) is 11.5 Å². The minimum Gasteiger partial charge on any atom is -0.753 e. The molecule has 0 amide bonds. The second-order valence-corrected chi connectivity index (χ2v) is 11.9. The Morgan fingerprint density at radius 1 is 0.772 bits per heavy atom. The van der Waals surface area contributed by atoms with Crippen LogP contribution in [0.3, 0.4) is 0 Å². The fourth-order valence-corrected chi connectivity index (χ4v) is 5.64. The number of ether oxygens (including phenoxy) is 2. The minimum absolute atomic E-state index is 0. The predicted molar refractivity (Wildman–Crippen MR) is 199 cm³/mol.